The average Bonchev–Trinajstić information content (AvgIpc) is 1.91. The molecule has 0 saturated carbocycles. The van der Waals surface area contributed by atoms with Gasteiger partial charge in [-0.1, -0.05) is 12.2 Å². The Balaban J connectivity index is 2.28. The Kier molecular flexibility index (Phi) is 2.29. The lowest BCUT2D eigenvalue weighted by molar-refractivity contribution is 0.537. The molecule has 1 N–H and O–H groups in total. The molecule has 0 saturated heterocycles. The van der Waals surface area contributed by atoms with E-state index in [1.165, 1.54) is 0 Å². The molecule has 0 aromatic rings. The fraction of sp³-hybridized carbons (Fsp3) is 0.571. The van der Waals surface area contributed by atoms with Gasteiger partial charge in [0.05, 0.1) is 12.5 Å². The molecule has 0 bridgehead atoms. The number of nitriles is 1. The second-order valence-electron chi connectivity index (χ2n) is 2.17. The van der Waals surface area contributed by atoms with Crippen LogP contribution in [0.25, 0.3) is 0 Å². The molecule has 0 aromatic heterocycles. The summed E-state index contributed by atoms with van der Waals surface area (Å²) < 4.78 is 0. The number of rotatable bonds is 1. The number of nitrogens with zero attached hydrogens (tertiary/aromatic N) is 1. The van der Waals surface area contributed by atoms with Gasteiger partial charge in [-0.3, -0.25) is 0 Å². The molecule has 1 rings (SSSR count). The maximum atomic E-state index is 8.30. The lowest BCUT2D eigenvalue weighted by atomic mass is 10.1. The predicted octanol–water partition coefficient (Wildman–Crippen LogP) is 0.818. The summed E-state index contributed by atoms with van der Waals surface area (Å²) in [5.74, 6) is 0. The Morgan fingerprint density at radius 1 is 1.67 bits per heavy atom. The van der Waals surface area contributed by atoms with Crippen molar-refractivity contribution < 1.29 is 0 Å². The van der Waals surface area contributed by atoms with E-state index >= 15 is 0 Å². The summed E-state index contributed by atoms with van der Waals surface area (Å²) >= 11 is 0. The Hall–Kier alpha value is -0.810. The van der Waals surface area contributed by atoms with Crippen LogP contribution in [0.3, 0.4) is 0 Å². The van der Waals surface area contributed by atoms with Gasteiger partial charge < -0.3 is 5.32 Å². The number of hydrogen-bond donors (Lipinski definition) is 1. The summed E-state index contributed by atoms with van der Waals surface area (Å²) in [6.07, 6.45) is 5.85. The monoisotopic (exact) mass is 122 g/mol. The van der Waals surface area contributed by atoms with E-state index < -0.39 is 0 Å². The van der Waals surface area contributed by atoms with Crippen LogP contribution < -0.4 is 5.32 Å². The second-order valence-corrected chi connectivity index (χ2v) is 2.17. The van der Waals surface area contributed by atoms with Crippen molar-refractivity contribution >= 4 is 0 Å². The molecule has 1 aliphatic heterocycles. The van der Waals surface area contributed by atoms with E-state index in [-0.39, 0.29) is 0 Å². The van der Waals surface area contributed by atoms with Gasteiger partial charge in [0.1, 0.15) is 0 Å². The van der Waals surface area contributed by atoms with Gasteiger partial charge in [0.2, 0.25) is 0 Å². The first kappa shape index (κ1) is 6.31. The van der Waals surface area contributed by atoms with Crippen LogP contribution in [0.15, 0.2) is 12.2 Å². The minimum atomic E-state index is 0.403. The lowest BCUT2D eigenvalue weighted by Gasteiger charge is -2.15. The zero-order valence-electron chi connectivity index (χ0n) is 5.30. The second kappa shape index (κ2) is 3.26. The molecule has 1 aliphatic rings. The SMILES string of the molecule is N#CCC1CC=CCN1. The molecule has 0 fully saturated rings. The highest BCUT2D eigenvalue weighted by Crippen LogP contribution is 2.01. The Morgan fingerprint density at radius 2 is 2.56 bits per heavy atom. The topological polar surface area (TPSA) is 35.8 Å². The van der Waals surface area contributed by atoms with Crippen LogP contribution in [0.5, 0.6) is 0 Å². The van der Waals surface area contributed by atoms with Crippen molar-refractivity contribution in [3.8, 4) is 6.07 Å². The maximum Gasteiger partial charge on any atom is 0.0638 e. The van der Waals surface area contributed by atoms with Crippen molar-refractivity contribution in [3.05, 3.63) is 12.2 Å². The van der Waals surface area contributed by atoms with Gasteiger partial charge in [-0.2, -0.15) is 5.26 Å². The quantitative estimate of drug-likeness (QED) is 0.522. The van der Waals surface area contributed by atoms with Crippen LogP contribution in [0.4, 0.5) is 0 Å². The first-order valence-corrected chi connectivity index (χ1v) is 3.19. The number of nitrogens with one attached hydrogen (secondary N) is 1. The summed E-state index contributed by atoms with van der Waals surface area (Å²) in [5.41, 5.74) is 0. The zero-order valence-corrected chi connectivity index (χ0v) is 5.30. The first-order chi connectivity index (χ1) is 4.43. The fourth-order valence-corrected chi connectivity index (χ4v) is 0.928. The van der Waals surface area contributed by atoms with E-state index in [1.54, 1.807) is 0 Å². The van der Waals surface area contributed by atoms with Crippen molar-refractivity contribution in [2.75, 3.05) is 6.54 Å². The summed E-state index contributed by atoms with van der Waals surface area (Å²) in [6.45, 7) is 0.923. The summed E-state index contributed by atoms with van der Waals surface area (Å²) in [4.78, 5) is 0. The van der Waals surface area contributed by atoms with Gasteiger partial charge in [-0.15, -0.1) is 0 Å². The van der Waals surface area contributed by atoms with Gasteiger partial charge >= 0.3 is 0 Å². The highest BCUT2D eigenvalue weighted by atomic mass is 14.9. The molecule has 1 unspecified atom stereocenters. The maximum absolute atomic E-state index is 8.30. The Labute approximate surface area is 55.2 Å². The van der Waals surface area contributed by atoms with Gasteiger partial charge in [0, 0.05) is 12.6 Å². The third-order valence-corrected chi connectivity index (χ3v) is 1.45. The predicted molar refractivity (Wildman–Crippen MR) is 35.8 cm³/mol. The molecule has 0 amide bonds. The molecule has 0 aliphatic carbocycles. The Bertz CT molecular complexity index is 143. The van der Waals surface area contributed by atoms with E-state index in [9.17, 15) is 0 Å². The zero-order chi connectivity index (χ0) is 6.53. The van der Waals surface area contributed by atoms with Crippen LogP contribution in [0.2, 0.25) is 0 Å². The van der Waals surface area contributed by atoms with Crippen LogP contribution in [-0.2, 0) is 0 Å². The van der Waals surface area contributed by atoms with Crippen LogP contribution in [-0.4, -0.2) is 12.6 Å². The molecule has 2 heteroatoms. The van der Waals surface area contributed by atoms with E-state index in [0.29, 0.717) is 12.5 Å². The molecule has 9 heavy (non-hydrogen) atoms. The largest absolute Gasteiger partial charge is 0.309 e. The molecule has 48 valence electrons. The van der Waals surface area contributed by atoms with Crippen molar-refractivity contribution in [1.29, 1.82) is 5.26 Å². The summed E-state index contributed by atoms with van der Waals surface area (Å²) in [7, 11) is 0. The molecule has 0 spiro atoms. The highest BCUT2D eigenvalue weighted by molar-refractivity contribution is 4.96. The molecule has 1 atom stereocenters. The minimum absolute atomic E-state index is 0.403. The first-order valence-electron chi connectivity index (χ1n) is 3.19. The molecule has 2 nitrogen and oxygen atoms in total. The third-order valence-electron chi connectivity index (χ3n) is 1.45. The third kappa shape index (κ3) is 1.87. The van der Waals surface area contributed by atoms with E-state index in [4.69, 9.17) is 5.26 Å². The van der Waals surface area contributed by atoms with Crippen molar-refractivity contribution in [3.63, 3.8) is 0 Å². The molecule has 1 heterocycles. The average molecular weight is 122 g/mol. The highest BCUT2D eigenvalue weighted by Gasteiger charge is 2.06. The van der Waals surface area contributed by atoms with E-state index in [0.717, 1.165) is 13.0 Å². The van der Waals surface area contributed by atoms with Crippen molar-refractivity contribution in [1.82, 2.24) is 5.32 Å². The molecule has 0 aromatic carbocycles. The van der Waals surface area contributed by atoms with Crippen LogP contribution in [0.1, 0.15) is 12.8 Å². The standard InChI is InChI=1S/C7H10N2/c8-5-4-7-3-1-2-6-9-7/h1-2,7,9H,3-4,6H2. The van der Waals surface area contributed by atoms with Gasteiger partial charge in [-0.25, -0.2) is 0 Å². The minimum Gasteiger partial charge on any atom is -0.309 e. The Morgan fingerprint density at radius 3 is 3.11 bits per heavy atom. The number of hydrogen-bond acceptors (Lipinski definition) is 2. The summed E-state index contributed by atoms with van der Waals surface area (Å²) in [6, 6.07) is 2.54. The molecular formula is C7H10N2. The fourth-order valence-electron chi connectivity index (χ4n) is 0.928. The normalized spacial score (nSPS) is 25.4. The van der Waals surface area contributed by atoms with Crippen LogP contribution in [0, 0.1) is 11.3 Å². The molecule has 0 radical (unpaired) electrons. The van der Waals surface area contributed by atoms with Gasteiger partial charge in [-0.05, 0) is 6.42 Å². The van der Waals surface area contributed by atoms with Gasteiger partial charge in [0.25, 0.3) is 0 Å². The van der Waals surface area contributed by atoms with E-state index in [2.05, 4.69) is 23.5 Å². The van der Waals surface area contributed by atoms with Crippen molar-refractivity contribution in [2.24, 2.45) is 0 Å². The molecular weight excluding hydrogens is 112 g/mol. The van der Waals surface area contributed by atoms with E-state index in [1.807, 2.05) is 0 Å². The van der Waals surface area contributed by atoms with Gasteiger partial charge in [0.15, 0.2) is 0 Å². The summed E-state index contributed by atoms with van der Waals surface area (Å²) in [5, 5.41) is 11.5. The lowest BCUT2D eigenvalue weighted by Crippen LogP contribution is -2.30. The van der Waals surface area contributed by atoms with Crippen LogP contribution >= 0.6 is 0 Å². The smallest absolute Gasteiger partial charge is 0.0638 e. The van der Waals surface area contributed by atoms with Crippen molar-refractivity contribution in [2.45, 2.75) is 18.9 Å².